The molecule has 0 radical (unpaired) electrons. The third kappa shape index (κ3) is 4.33. The second-order valence-electron chi connectivity index (χ2n) is 10.3. The highest BCUT2D eigenvalue weighted by Gasteiger charge is 2.32. The monoisotopic (exact) mass is 487 g/mol. The summed E-state index contributed by atoms with van der Waals surface area (Å²) in [5.41, 5.74) is 5.84. The van der Waals surface area contributed by atoms with Crippen molar-refractivity contribution in [1.82, 2.24) is 24.6 Å². The number of piperidine rings is 2. The highest BCUT2D eigenvalue weighted by Crippen LogP contribution is 2.32. The minimum absolute atomic E-state index is 0.0312. The molecule has 4 heterocycles. The fraction of sp³-hybridized carbons (Fsp3) is 0.500. The summed E-state index contributed by atoms with van der Waals surface area (Å²) in [6.45, 7) is 4.45. The summed E-state index contributed by atoms with van der Waals surface area (Å²) >= 11 is 0. The molecule has 1 aliphatic carbocycles. The van der Waals surface area contributed by atoms with E-state index in [-0.39, 0.29) is 12.5 Å². The quantitative estimate of drug-likeness (QED) is 0.597. The van der Waals surface area contributed by atoms with Crippen molar-refractivity contribution in [2.75, 3.05) is 33.3 Å². The number of methoxy groups -OCH3 is 1. The number of fused-ring (bicyclic) bond motifs is 3. The number of hydrogen-bond donors (Lipinski definition) is 1. The Morgan fingerprint density at radius 1 is 1.06 bits per heavy atom. The van der Waals surface area contributed by atoms with Crippen LogP contribution in [-0.2, 0) is 24.2 Å². The Morgan fingerprint density at radius 2 is 1.83 bits per heavy atom. The lowest BCUT2D eigenvalue weighted by molar-refractivity contribution is -0.931. The summed E-state index contributed by atoms with van der Waals surface area (Å²) < 4.78 is 7.18. The lowest BCUT2D eigenvalue weighted by Gasteiger charge is -2.37. The summed E-state index contributed by atoms with van der Waals surface area (Å²) in [5, 5.41) is 4.57. The summed E-state index contributed by atoms with van der Waals surface area (Å²) in [6, 6.07) is 9.09. The second kappa shape index (κ2) is 10.1. The number of ether oxygens (including phenoxy) is 1. The van der Waals surface area contributed by atoms with Crippen LogP contribution in [-0.4, -0.2) is 69.9 Å². The van der Waals surface area contributed by atoms with Crippen LogP contribution in [0.4, 0.5) is 0 Å². The van der Waals surface area contributed by atoms with E-state index in [9.17, 15) is 4.79 Å². The molecule has 3 aliphatic rings. The standard InChI is InChI=1S/C28H34N6O2/c1-36-19-25-24(27(35)33-15-11-22(12-16-33)32-13-5-2-6-14-32)18-30-34(25)28-29-17-21-10-9-20-7-3-4-8-23(20)26(21)31-28/h3-4,7-8,17-18,22H,2,5-6,9-16,19H2,1H3/p+1. The first kappa shape index (κ1) is 23.3. The predicted octanol–water partition coefficient (Wildman–Crippen LogP) is 2.25. The number of hydrogen-bond acceptors (Lipinski definition) is 5. The zero-order valence-corrected chi connectivity index (χ0v) is 21.1. The van der Waals surface area contributed by atoms with E-state index in [0.717, 1.165) is 55.6 Å². The lowest BCUT2D eigenvalue weighted by Crippen LogP contribution is -3.16. The molecule has 8 heteroatoms. The van der Waals surface area contributed by atoms with E-state index in [1.807, 2.05) is 17.2 Å². The van der Waals surface area contributed by atoms with Gasteiger partial charge in [-0.25, -0.2) is 9.97 Å². The number of aromatic nitrogens is 4. The Bertz CT molecular complexity index is 1240. The first-order chi connectivity index (χ1) is 17.7. The SMILES string of the molecule is COCc1c(C(=O)N2CCC([NH+]3CCCCC3)CC2)cnn1-c1ncc2c(n1)-c1ccccc1CC2. The minimum Gasteiger partial charge on any atom is -0.378 e. The molecule has 1 N–H and O–H groups in total. The van der Waals surface area contributed by atoms with Gasteiger partial charge < -0.3 is 14.5 Å². The minimum atomic E-state index is 0.0312. The Kier molecular flexibility index (Phi) is 6.54. The summed E-state index contributed by atoms with van der Waals surface area (Å²) in [7, 11) is 1.64. The van der Waals surface area contributed by atoms with Gasteiger partial charge in [0.25, 0.3) is 11.9 Å². The van der Waals surface area contributed by atoms with Crippen molar-refractivity contribution in [3.8, 4) is 17.2 Å². The Labute approximate surface area is 212 Å². The van der Waals surface area contributed by atoms with E-state index in [4.69, 9.17) is 9.72 Å². The van der Waals surface area contributed by atoms with Crippen molar-refractivity contribution in [2.24, 2.45) is 0 Å². The number of nitrogens with one attached hydrogen (secondary N) is 1. The van der Waals surface area contributed by atoms with Gasteiger partial charge in [-0.1, -0.05) is 24.3 Å². The molecule has 1 amide bonds. The van der Waals surface area contributed by atoms with Gasteiger partial charge in [0.2, 0.25) is 0 Å². The van der Waals surface area contributed by atoms with Crippen LogP contribution in [0.1, 0.15) is 59.3 Å². The third-order valence-electron chi connectivity index (χ3n) is 8.21. The van der Waals surface area contributed by atoms with Gasteiger partial charge in [-0.15, -0.1) is 0 Å². The molecule has 8 nitrogen and oxygen atoms in total. The van der Waals surface area contributed by atoms with Gasteiger partial charge in [-0.3, -0.25) is 4.79 Å². The van der Waals surface area contributed by atoms with E-state index < -0.39 is 0 Å². The van der Waals surface area contributed by atoms with Crippen LogP contribution < -0.4 is 4.90 Å². The third-order valence-corrected chi connectivity index (χ3v) is 8.21. The number of nitrogens with zero attached hydrogens (tertiary/aromatic N) is 5. The van der Waals surface area contributed by atoms with Crippen molar-refractivity contribution in [3.05, 3.63) is 59.0 Å². The fourth-order valence-corrected chi connectivity index (χ4v) is 6.23. The number of quaternary nitrogens is 1. The number of rotatable bonds is 5. The second-order valence-corrected chi connectivity index (χ2v) is 10.3. The molecule has 0 unspecified atom stereocenters. The van der Waals surface area contributed by atoms with Crippen molar-refractivity contribution >= 4 is 5.91 Å². The summed E-state index contributed by atoms with van der Waals surface area (Å²) in [6.07, 6.45) is 11.7. The maximum absolute atomic E-state index is 13.6. The van der Waals surface area contributed by atoms with E-state index in [2.05, 4.69) is 28.3 Å². The maximum atomic E-state index is 13.6. The normalized spacial score (nSPS) is 18.6. The van der Waals surface area contributed by atoms with Crippen LogP contribution >= 0.6 is 0 Å². The van der Waals surface area contributed by atoms with Gasteiger partial charge in [0.15, 0.2) is 0 Å². The van der Waals surface area contributed by atoms with E-state index in [0.29, 0.717) is 23.2 Å². The zero-order chi connectivity index (χ0) is 24.5. The van der Waals surface area contributed by atoms with Crippen molar-refractivity contribution < 1.29 is 14.4 Å². The number of benzene rings is 1. The first-order valence-electron chi connectivity index (χ1n) is 13.4. The van der Waals surface area contributed by atoms with Crippen LogP contribution in [0.3, 0.4) is 0 Å². The number of likely N-dealkylation sites (tertiary alicyclic amines) is 2. The van der Waals surface area contributed by atoms with Crippen molar-refractivity contribution in [1.29, 1.82) is 0 Å². The largest absolute Gasteiger partial charge is 0.378 e. The molecule has 2 aliphatic heterocycles. The van der Waals surface area contributed by atoms with Gasteiger partial charge in [0, 0.05) is 44.8 Å². The topological polar surface area (TPSA) is 77.6 Å². The lowest BCUT2D eigenvalue weighted by atomic mass is 9.90. The number of carbonyl (C=O) groups excluding carboxylic acids is 1. The van der Waals surface area contributed by atoms with Gasteiger partial charge in [-0.05, 0) is 43.2 Å². The fourth-order valence-electron chi connectivity index (χ4n) is 6.23. The molecule has 2 saturated heterocycles. The van der Waals surface area contributed by atoms with E-state index in [1.165, 1.54) is 37.9 Å². The van der Waals surface area contributed by atoms with Gasteiger partial charge in [0.05, 0.1) is 48.9 Å². The van der Waals surface area contributed by atoms with Crippen LogP contribution in [0.25, 0.3) is 17.2 Å². The van der Waals surface area contributed by atoms with Crippen molar-refractivity contribution in [3.63, 3.8) is 0 Å². The van der Waals surface area contributed by atoms with Crippen LogP contribution in [0.15, 0.2) is 36.7 Å². The molecule has 0 bridgehead atoms. The molecule has 3 aromatic rings. The molecule has 0 atom stereocenters. The molecule has 6 rings (SSSR count). The van der Waals surface area contributed by atoms with Crippen molar-refractivity contribution in [2.45, 2.75) is 57.6 Å². The van der Waals surface area contributed by atoms with Crippen LogP contribution in [0.2, 0.25) is 0 Å². The van der Waals surface area contributed by atoms with Crippen LogP contribution in [0, 0.1) is 0 Å². The number of aryl methyl sites for hydroxylation is 2. The molecule has 0 saturated carbocycles. The Balaban J connectivity index is 1.25. The van der Waals surface area contributed by atoms with E-state index in [1.54, 1.807) is 22.9 Å². The number of carbonyl (C=O) groups is 1. The molecular formula is C28H35N6O2+. The molecular weight excluding hydrogens is 452 g/mol. The number of amides is 1. The van der Waals surface area contributed by atoms with E-state index >= 15 is 0 Å². The Morgan fingerprint density at radius 3 is 2.64 bits per heavy atom. The maximum Gasteiger partial charge on any atom is 0.257 e. The molecule has 2 aromatic heterocycles. The summed E-state index contributed by atoms with van der Waals surface area (Å²) in [4.78, 5) is 26.9. The Hall–Kier alpha value is -3.10. The molecule has 188 valence electrons. The smallest absolute Gasteiger partial charge is 0.257 e. The highest BCUT2D eigenvalue weighted by molar-refractivity contribution is 5.95. The molecule has 2 fully saturated rings. The van der Waals surface area contributed by atoms with Crippen LogP contribution in [0.5, 0.6) is 0 Å². The van der Waals surface area contributed by atoms with Gasteiger partial charge in [0.1, 0.15) is 0 Å². The first-order valence-corrected chi connectivity index (χ1v) is 13.4. The van der Waals surface area contributed by atoms with Gasteiger partial charge in [-0.2, -0.15) is 9.78 Å². The molecule has 36 heavy (non-hydrogen) atoms. The summed E-state index contributed by atoms with van der Waals surface area (Å²) in [5.74, 6) is 0.507. The highest BCUT2D eigenvalue weighted by atomic mass is 16.5. The zero-order valence-electron chi connectivity index (χ0n) is 21.1. The average Bonchev–Trinajstić information content (AvgIpc) is 3.36. The molecule has 0 spiro atoms. The van der Waals surface area contributed by atoms with Gasteiger partial charge >= 0.3 is 0 Å². The average molecular weight is 488 g/mol. The predicted molar refractivity (Wildman–Crippen MR) is 136 cm³/mol. The molecule has 1 aromatic carbocycles.